The van der Waals surface area contributed by atoms with Crippen LogP contribution in [0.4, 0.5) is 0 Å². The van der Waals surface area contributed by atoms with Crippen molar-refractivity contribution in [2.45, 2.75) is 25.0 Å². The zero-order valence-corrected chi connectivity index (χ0v) is 9.52. The van der Waals surface area contributed by atoms with Crippen molar-refractivity contribution >= 4 is 0 Å². The molecule has 0 spiro atoms. The van der Waals surface area contributed by atoms with Gasteiger partial charge >= 0.3 is 0 Å². The van der Waals surface area contributed by atoms with E-state index in [1.54, 1.807) is 4.68 Å². The van der Waals surface area contributed by atoms with E-state index in [-0.39, 0.29) is 0 Å². The van der Waals surface area contributed by atoms with Crippen LogP contribution in [0.1, 0.15) is 18.7 Å². The molecule has 16 heavy (non-hydrogen) atoms. The van der Waals surface area contributed by atoms with Crippen molar-refractivity contribution in [2.24, 2.45) is 7.05 Å². The molecule has 1 aliphatic heterocycles. The van der Waals surface area contributed by atoms with Crippen molar-refractivity contribution in [3.8, 4) is 0 Å². The molecule has 2 rings (SSSR count). The quantitative estimate of drug-likeness (QED) is 0.720. The van der Waals surface area contributed by atoms with Crippen molar-refractivity contribution in [3.05, 3.63) is 12.2 Å². The molecule has 0 saturated carbocycles. The van der Waals surface area contributed by atoms with Crippen LogP contribution in [0.3, 0.4) is 0 Å². The predicted octanol–water partition coefficient (Wildman–Crippen LogP) is -0.554. The zero-order valence-electron chi connectivity index (χ0n) is 9.52. The Labute approximate surface area is 94.6 Å². The Balaban J connectivity index is 1.77. The van der Waals surface area contributed by atoms with Gasteiger partial charge in [0, 0.05) is 39.6 Å². The fourth-order valence-corrected chi connectivity index (χ4v) is 1.82. The SMILES string of the molecule is Cn1ncnc1CNCC1(O)CCOCC1. The first-order valence-electron chi connectivity index (χ1n) is 5.53. The second-order valence-corrected chi connectivity index (χ2v) is 4.24. The molecule has 1 aromatic rings. The number of rotatable bonds is 4. The van der Waals surface area contributed by atoms with Crippen LogP contribution in [0, 0.1) is 0 Å². The third-order valence-corrected chi connectivity index (χ3v) is 2.97. The molecule has 1 saturated heterocycles. The van der Waals surface area contributed by atoms with E-state index < -0.39 is 5.60 Å². The monoisotopic (exact) mass is 226 g/mol. The number of aliphatic hydroxyl groups is 1. The molecule has 6 nitrogen and oxygen atoms in total. The van der Waals surface area contributed by atoms with E-state index in [0.29, 0.717) is 39.1 Å². The highest BCUT2D eigenvalue weighted by Crippen LogP contribution is 2.19. The number of nitrogens with one attached hydrogen (secondary N) is 1. The number of hydrogen-bond acceptors (Lipinski definition) is 5. The minimum absolute atomic E-state index is 0.573. The van der Waals surface area contributed by atoms with Gasteiger partial charge in [-0.3, -0.25) is 4.68 Å². The third kappa shape index (κ3) is 2.78. The highest BCUT2D eigenvalue weighted by atomic mass is 16.5. The minimum Gasteiger partial charge on any atom is -0.388 e. The molecule has 0 bridgehead atoms. The van der Waals surface area contributed by atoms with Gasteiger partial charge in [-0.2, -0.15) is 5.10 Å². The van der Waals surface area contributed by atoms with Crippen molar-refractivity contribution < 1.29 is 9.84 Å². The normalized spacial score (nSPS) is 19.9. The summed E-state index contributed by atoms with van der Waals surface area (Å²) < 4.78 is 6.95. The Hall–Kier alpha value is -0.980. The van der Waals surface area contributed by atoms with Crippen molar-refractivity contribution in [1.29, 1.82) is 0 Å². The maximum atomic E-state index is 10.2. The lowest BCUT2D eigenvalue weighted by atomic mass is 9.94. The summed E-state index contributed by atoms with van der Waals surface area (Å²) in [5.41, 5.74) is -0.628. The number of aryl methyl sites for hydroxylation is 1. The molecular formula is C10H18N4O2. The van der Waals surface area contributed by atoms with Crippen LogP contribution in [0.15, 0.2) is 6.33 Å². The molecule has 0 aromatic carbocycles. The van der Waals surface area contributed by atoms with Gasteiger partial charge < -0.3 is 15.2 Å². The van der Waals surface area contributed by atoms with Gasteiger partial charge in [-0.15, -0.1) is 0 Å². The van der Waals surface area contributed by atoms with Crippen LogP contribution in [-0.4, -0.2) is 45.2 Å². The number of ether oxygens (including phenoxy) is 1. The lowest BCUT2D eigenvalue weighted by molar-refractivity contribution is -0.0617. The number of aromatic nitrogens is 3. The second kappa shape index (κ2) is 4.90. The van der Waals surface area contributed by atoms with Crippen molar-refractivity contribution in [3.63, 3.8) is 0 Å². The first kappa shape index (κ1) is 11.5. The Kier molecular flexibility index (Phi) is 3.52. The number of nitrogens with zero attached hydrogens (tertiary/aromatic N) is 3. The Morgan fingerprint density at radius 2 is 2.31 bits per heavy atom. The average molecular weight is 226 g/mol. The van der Waals surface area contributed by atoms with Crippen molar-refractivity contribution in [2.75, 3.05) is 19.8 Å². The van der Waals surface area contributed by atoms with E-state index >= 15 is 0 Å². The van der Waals surface area contributed by atoms with Gasteiger partial charge in [0.1, 0.15) is 12.2 Å². The summed E-state index contributed by atoms with van der Waals surface area (Å²) in [6.07, 6.45) is 2.91. The van der Waals surface area contributed by atoms with E-state index in [1.807, 2.05) is 7.05 Å². The summed E-state index contributed by atoms with van der Waals surface area (Å²) in [5.74, 6) is 0.871. The largest absolute Gasteiger partial charge is 0.388 e. The molecule has 0 radical (unpaired) electrons. The lowest BCUT2D eigenvalue weighted by Crippen LogP contribution is -2.45. The lowest BCUT2D eigenvalue weighted by Gasteiger charge is -2.32. The molecular weight excluding hydrogens is 208 g/mol. The van der Waals surface area contributed by atoms with E-state index in [1.165, 1.54) is 6.33 Å². The molecule has 6 heteroatoms. The summed E-state index contributed by atoms with van der Waals surface area (Å²) in [5, 5.41) is 17.4. The summed E-state index contributed by atoms with van der Waals surface area (Å²) >= 11 is 0. The molecule has 1 fully saturated rings. The average Bonchev–Trinajstić information content (AvgIpc) is 2.65. The van der Waals surface area contributed by atoms with E-state index in [9.17, 15) is 5.11 Å². The van der Waals surface area contributed by atoms with Crippen LogP contribution in [0.25, 0.3) is 0 Å². The first-order chi connectivity index (χ1) is 7.70. The zero-order chi connectivity index (χ0) is 11.4. The second-order valence-electron chi connectivity index (χ2n) is 4.24. The van der Waals surface area contributed by atoms with Crippen LogP contribution in [-0.2, 0) is 18.3 Å². The van der Waals surface area contributed by atoms with Gasteiger partial charge in [0.25, 0.3) is 0 Å². The van der Waals surface area contributed by atoms with Gasteiger partial charge in [-0.25, -0.2) is 4.98 Å². The van der Waals surface area contributed by atoms with Crippen molar-refractivity contribution in [1.82, 2.24) is 20.1 Å². The molecule has 0 amide bonds. The van der Waals surface area contributed by atoms with E-state index in [2.05, 4.69) is 15.4 Å². The van der Waals surface area contributed by atoms with E-state index in [0.717, 1.165) is 5.82 Å². The van der Waals surface area contributed by atoms with Crippen LogP contribution >= 0.6 is 0 Å². The van der Waals surface area contributed by atoms with Gasteiger partial charge in [0.05, 0.1) is 12.1 Å². The van der Waals surface area contributed by atoms with Gasteiger partial charge in [-0.05, 0) is 0 Å². The van der Waals surface area contributed by atoms with Crippen LogP contribution < -0.4 is 5.32 Å². The minimum atomic E-state index is -0.628. The molecule has 0 aliphatic carbocycles. The molecule has 2 heterocycles. The Morgan fingerprint density at radius 3 is 2.94 bits per heavy atom. The summed E-state index contributed by atoms with van der Waals surface area (Å²) in [7, 11) is 1.85. The molecule has 1 aliphatic rings. The van der Waals surface area contributed by atoms with Gasteiger partial charge in [0.15, 0.2) is 0 Å². The molecule has 2 N–H and O–H groups in total. The summed E-state index contributed by atoms with van der Waals surface area (Å²) in [6, 6.07) is 0. The third-order valence-electron chi connectivity index (χ3n) is 2.97. The molecule has 0 unspecified atom stereocenters. The number of hydrogen-bond donors (Lipinski definition) is 2. The fraction of sp³-hybridized carbons (Fsp3) is 0.800. The summed E-state index contributed by atoms with van der Waals surface area (Å²) in [4.78, 5) is 4.10. The highest BCUT2D eigenvalue weighted by Gasteiger charge is 2.29. The van der Waals surface area contributed by atoms with Crippen LogP contribution in [0.2, 0.25) is 0 Å². The predicted molar refractivity (Wildman–Crippen MR) is 57.7 cm³/mol. The first-order valence-corrected chi connectivity index (χ1v) is 5.53. The fourth-order valence-electron chi connectivity index (χ4n) is 1.82. The molecule has 1 aromatic heterocycles. The topological polar surface area (TPSA) is 72.2 Å². The molecule has 0 atom stereocenters. The molecule has 90 valence electrons. The Morgan fingerprint density at radius 1 is 1.56 bits per heavy atom. The summed E-state index contributed by atoms with van der Waals surface area (Å²) in [6.45, 7) is 2.48. The standard InChI is InChI=1S/C10H18N4O2/c1-14-9(12-8-13-14)6-11-7-10(15)2-4-16-5-3-10/h8,11,15H,2-7H2,1H3. The van der Waals surface area contributed by atoms with Gasteiger partial charge in [-0.1, -0.05) is 0 Å². The Bertz CT molecular complexity index is 333. The van der Waals surface area contributed by atoms with Gasteiger partial charge in [0.2, 0.25) is 0 Å². The maximum absolute atomic E-state index is 10.2. The van der Waals surface area contributed by atoms with E-state index in [4.69, 9.17) is 4.74 Å². The highest BCUT2D eigenvalue weighted by molar-refractivity contribution is 4.87. The maximum Gasteiger partial charge on any atom is 0.140 e. The smallest absolute Gasteiger partial charge is 0.140 e. The van der Waals surface area contributed by atoms with Crippen LogP contribution in [0.5, 0.6) is 0 Å².